The SMILES string of the molecule is CNc1nsnc1NCCSCc1cn(C)cn1. The second-order valence-electron chi connectivity index (χ2n) is 3.72. The molecule has 0 bridgehead atoms. The van der Waals surface area contributed by atoms with Gasteiger partial charge in [-0.2, -0.15) is 20.5 Å². The molecule has 2 aromatic rings. The highest BCUT2D eigenvalue weighted by Gasteiger charge is 2.04. The van der Waals surface area contributed by atoms with Gasteiger partial charge in [0.25, 0.3) is 0 Å². The first-order valence-electron chi connectivity index (χ1n) is 5.58. The Morgan fingerprint density at radius 2 is 2.22 bits per heavy atom. The fourth-order valence-corrected chi connectivity index (χ4v) is 2.71. The smallest absolute Gasteiger partial charge is 0.184 e. The summed E-state index contributed by atoms with van der Waals surface area (Å²) in [7, 11) is 3.83. The highest BCUT2D eigenvalue weighted by Crippen LogP contribution is 2.17. The van der Waals surface area contributed by atoms with Crippen molar-refractivity contribution in [2.24, 2.45) is 7.05 Å². The normalized spacial score (nSPS) is 10.6. The number of nitrogens with zero attached hydrogens (tertiary/aromatic N) is 4. The van der Waals surface area contributed by atoms with Crippen molar-refractivity contribution in [1.82, 2.24) is 18.3 Å². The van der Waals surface area contributed by atoms with Crippen molar-refractivity contribution in [1.29, 1.82) is 0 Å². The molecule has 0 aliphatic carbocycles. The first-order chi connectivity index (χ1) is 8.79. The Kier molecular flexibility index (Phi) is 4.82. The van der Waals surface area contributed by atoms with Crippen molar-refractivity contribution >= 4 is 35.1 Å². The lowest BCUT2D eigenvalue weighted by Gasteiger charge is -2.03. The number of aromatic nitrogens is 4. The van der Waals surface area contributed by atoms with Crippen LogP contribution in [0.2, 0.25) is 0 Å². The Bertz CT molecular complexity index is 480. The predicted octanol–water partition coefficient (Wildman–Crippen LogP) is 1.66. The number of imidazole rings is 1. The van der Waals surface area contributed by atoms with E-state index in [0.29, 0.717) is 0 Å². The highest BCUT2D eigenvalue weighted by atomic mass is 32.2. The number of rotatable bonds is 7. The molecule has 0 saturated carbocycles. The van der Waals surface area contributed by atoms with Gasteiger partial charge < -0.3 is 15.2 Å². The third kappa shape index (κ3) is 3.61. The number of hydrogen-bond acceptors (Lipinski definition) is 7. The van der Waals surface area contributed by atoms with E-state index in [1.54, 1.807) is 0 Å². The molecule has 8 heteroatoms. The van der Waals surface area contributed by atoms with E-state index >= 15 is 0 Å². The lowest BCUT2D eigenvalue weighted by atomic mass is 10.6. The summed E-state index contributed by atoms with van der Waals surface area (Å²) in [6.45, 7) is 0.873. The van der Waals surface area contributed by atoms with Crippen molar-refractivity contribution < 1.29 is 0 Å². The van der Waals surface area contributed by atoms with E-state index in [9.17, 15) is 0 Å². The number of hydrogen-bond donors (Lipinski definition) is 2. The van der Waals surface area contributed by atoms with Gasteiger partial charge in [-0.15, -0.1) is 0 Å². The van der Waals surface area contributed by atoms with Gasteiger partial charge in [0.1, 0.15) is 0 Å². The second kappa shape index (κ2) is 6.60. The minimum atomic E-state index is 0.815. The van der Waals surface area contributed by atoms with Gasteiger partial charge in [-0.05, 0) is 0 Å². The molecule has 6 nitrogen and oxygen atoms in total. The largest absolute Gasteiger partial charge is 0.369 e. The van der Waals surface area contributed by atoms with Crippen LogP contribution >= 0.6 is 23.5 Å². The van der Waals surface area contributed by atoms with Gasteiger partial charge in [-0.25, -0.2) is 4.98 Å². The molecule has 0 amide bonds. The minimum absolute atomic E-state index is 0.815. The van der Waals surface area contributed by atoms with Gasteiger partial charge in [0.15, 0.2) is 11.6 Å². The molecule has 0 fully saturated rings. The maximum absolute atomic E-state index is 4.28. The van der Waals surface area contributed by atoms with E-state index in [1.807, 2.05) is 42.9 Å². The molecule has 0 radical (unpaired) electrons. The number of anilines is 2. The summed E-state index contributed by atoms with van der Waals surface area (Å²) in [5.74, 6) is 3.60. The minimum Gasteiger partial charge on any atom is -0.369 e. The summed E-state index contributed by atoms with van der Waals surface area (Å²) < 4.78 is 10.3. The highest BCUT2D eigenvalue weighted by molar-refractivity contribution is 7.98. The molecule has 0 aromatic carbocycles. The zero-order valence-electron chi connectivity index (χ0n) is 10.4. The molecule has 0 unspecified atom stereocenters. The Balaban J connectivity index is 1.64. The molecule has 2 N–H and O–H groups in total. The average molecular weight is 284 g/mol. The fourth-order valence-electron chi connectivity index (χ4n) is 1.43. The van der Waals surface area contributed by atoms with Gasteiger partial charge in [0.2, 0.25) is 0 Å². The molecule has 2 aromatic heterocycles. The Morgan fingerprint density at radius 1 is 1.39 bits per heavy atom. The monoisotopic (exact) mass is 284 g/mol. The molecule has 0 aliphatic heterocycles. The lowest BCUT2D eigenvalue weighted by Crippen LogP contribution is -2.06. The molecule has 0 spiro atoms. The third-order valence-electron chi connectivity index (χ3n) is 2.27. The van der Waals surface area contributed by atoms with E-state index in [1.165, 1.54) is 11.7 Å². The molecule has 2 rings (SSSR count). The first kappa shape index (κ1) is 13.2. The predicted molar refractivity (Wildman–Crippen MR) is 77.3 cm³/mol. The van der Waals surface area contributed by atoms with Crippen molar-refractivity contribution in [3.63, 3.8) is 0 Å². The van der Waals surface area contributed by atoms with E-state index in [0.717, 1.165) is 35.4 Å². The molecule has 0 aliphatic rings. The molecule has 0 atom stereocenters. The third-order valence-corrected chi connectivity index (χ3v) is 3.79. The van der Waals surface area contributed by atoms with Crippen LogP contribution in [0, 0.1) is 0 Å². The van der Waals surface area contributed by atoms with Crippen LogP contribution in [0.4, 0.5) is 11.6 Å². The number of nitrogens with one attached hydrogen (secondary N) is 2. The molecule has 98 valence electrons. The summed E-state index contributed by atoms with van der Waals surface area (Å²) in [5.41, 5.74) is 1.12. The Hall–Kier alpha value is -1.28. The van der Waals surface area contributed by atoms with Crippen LogP contribution in [0.5, 0.6) is 0 Å². The Labute approximate surface area is 115 Å². The van der Waals surface area contributed by atoms with Crippen molar-refractivity contribution in [3.05, 3.63) is 18.2 Å². The fraction of sp³-hybridized carbons (Fsp3) is 0.500. The quantitative estimate of drug-likeness (QED) is 0.754. The van der Waals surface area contributed by atoms with Crippen molar-refractivity contribution in [2.45, 2.75) is 5.75 Å². The van der Waals surface area contributed by atoms with Crippen LogP contribution in [0.15, 0.2) is 12.5 Å². The van der Waals surface area contributed by atoms with E-state index in [2.05, 4.69) is 24.4 Å². The first-order valence-corrected chi connectivity index (χ1v) is 7.47. The zero-order valence-corrected chi connectivity index (χ0v) is 12.0. The van der Waals surface area contributed by atoms with Gasteiger partial charge in [-0.1, -0.05) is 0 Å². The van der Waals surface area contributed by atoms with E-state index in [4.69, 9.17) is 0 Å². The number of aryl methyl sites for hydroxylation is 1. The van der Waals surface area contributed by atoms with Crippen LogP contribution in [0.25, 0.3) is 0 Å². The molecule has 2 heterocycles. The Morgan fingerprint density at radius 3 is 2.94 bits per heavy atom. The van der Waals surface area contributed by atoms with Gasteiger partial charge in [0, 0.05) is 38.3 Å². The van der Waals surface area contributed by atoms with Crippen molar-refractivity contribution in [2.75, 3.05) is 30.0 Å². The summed E-state index contributed by atoms with van der Waals surface area (Å²) in [4.78, 5) is 4.28. The van der Waals surface area contributed by atoms with Crippen molar-refractivity contribution in [3.8, 4) is 0 Å². The summed E-state index contributed by atoms with van der Waals surface area (Å²) in [6, 6.07) is 0. The number of thioether (sulfide) groups is 1. The summed E-state index contributed by atoms with van der Waals surface area (Å²) in [6.07, 6.45) is 3.87. The van der Waals surface area contributed by atoms with E-state index < -0.39 is 0 Å². The molecule has 18 heavy (non-hydrogen) atoms. The van der Waals surface area contributed by atoms with Crippen LogP contribution in [-0.2, 0) is 12.8 Å². The zero-order chi connectivity index (χ0) is 12.8. The van der Waals surface area contributed by atoms with E-state index in [-0.39, 0.29) is 0 Å². The summed E-state index contributed by atoms with van der Waals surface area (Å²) in [5, 5.41) is 6.26. The van der Waals surface area contributed by atoms with Crippen LogP contribution in [0.3, 0.4) is 0 Å². The standard InChI is InChI=1S/C10H16N6S2/c1-11-9-10(15-18-14-9)12-3-4-17-6-8-5-16(2)7-13-8/h5,7H,3-4,6H2,1-2H3,(H,11,14)(H,12,15). The van der Waals surface area contributed by atoms with Gasteiger partial charge in [-0.3, -0.25) is 0 Å². The van der Waals surface area contributed by atoms with Crippen LogP contribution in [0.1, 0.15) is 5.69 Å². The maximum Gasteiger partial charge on any atom is 0.184 e. The van der Waals surface area contributed by atoms with Crippen LogP contribution in [-0.4, -0.2) is 37.6 Å². The second-order valence-corrected chi connectivity index (χ2v) is 5.35. The molecule has 0 saturated heterocycles. The summed E-state index contributed by atoms with van der Waals surface area (Å²) >= 11 is 3.06. The molecular formula is C10H16N6S2. The topological polar surface area (TPSA) is 67.7 Å². The maximum atomic E-state index is 4.28. The molecular weight excluding hydrogens is 268 g/mol. The van der Waals surface area contributed by atoms with Crippen LogP contribution < -0.4 is 10.6 Å². The lowest BCUT2D eigenvalue weighted by molar-refractivity contribution is 0.913. The average Bonchev–Trinajstić information content (AvgIpc) is 2.97. The van der Waals surface area contributed by atoms with Gasteiger partial charge in [0.05, 0.1) is 23.7 Å². The van der Waals surface area contributed by atoms with Gasteiger partial charge >= 0.3 is 0 Å².